The number of thioether (sulfide) groups is 1. The number of hydrogen-bond donors (Lipinski definition) is 1. The smallest absolute Gasteiger partial charge is 0.273 e. The Hall–Kier alpha value is -2.58. The minimum Gasteiger partial charge on any atom is -0.494 e. The zero-order chi connectivity index (χ0) is 19.1. The number of likely N-dealkylation sites (N-methyl/N-ethyl adjacent to an activating group) is 1. The highest BCUT2D eigenvalue weighted by Gasteiger charge is 2.14. The van der Waals surface area contributed by atoms with Gasteiger partial charge >= 0.3 is 0 Å². The molecule has 0 bridgehead atoms. The van der Waals surface area contributed by atoms with Gasteiger partial charge in [0, 0.05) is 17.5 Å². The number of nitro groups is 1. The second-order valence-corrected chi connectivity index (χ2v) is 6.59. The number of hydrogen-bond acceptors (Lipinski definition) is 6. The van der Waals surface area contributed by atoms with Gasteiger partial charge in [-0.1, -0.05) is 12.1 Å². The fourth-order valence-corrected chi connectivity index (χ4v) is 2.84. The number of amides is 1. The van der Waals surface area contributed by atoms with Gasteiger partial charge in [0.15, 0.2) is 0 Å². The average molecular weight is 375 g/mol. The van der Waals surface area contributed by atoms with Gasteiger partial charge in [0.1, 0.15) is 5.75 Å². The Kier molecular flexibility index (Phi) is 6.99. The highest BCUT2D eigenvalue weighted by molar-refractivity contribution is 7.98. The second-order valence-electron chi connectivity index (χ2n) is 5.71. The molecule has 26 heavy (non-hydrogen) atoms. The second kappa shape index (κ2) is 9.21. The Bertz CT molecular complexity index is 781. The number of benzene rings is 2. The van der Waals surface area contributed by atoms with Gasteiger partial charge in [-0.3, -0.25) is 19.8 Å². The molecule has 2 aromatic rings. The molecular weight excluding hydrogens is 354 g/mol. The number of ether oxygens (including phenoxy) is 1. The first-order chi connectivity index (χ1) is 12.4. The first kappa shape index (κ1) is 19.7. The van der Waals surface area contributed by atoms with Crippen LogP contribution in [0, 0.1) is 10.1 Å². The Labute approximate surface area is 156 Å². The Morgan fingerprint density at radius 1 is 1.27 bits per heavy atom. The van der Waals surface area contributed by atoms with E-state index in [1.165, 1.54) is 30.2 Å². The molecule has 0 fully saturated rings. The molecule has 0 atom stereocenters. The Balaban J connectivity index is 1.95. The van der Waals surface area contributed by atoms with Crippen molar-refractivity contribution < 1.29 is 14.5 Å². The van der Waals surface area contributed by atoms with Crippen LogP contribution in [0.25, 0.3) is 0 Å². The highest BCUT2D eigenvalue weighted by Crippen LogP contribution is 2.28. The number of nitrogens with one attached hydrogen (secondary N) is 1. The maximum atomic E-state index is 12.3. The standard InChI is InChI=1S/C18H21N3O4S/c1-20(11-13-4-7-15(26-3)8-5-13)12-18(22)19-16-9-6-14(21(23)24)10-17(16)25-2/h4-10H,11-12H2,1-3H3,(H,19,22). The van der Waals surface area contributed by atoms with Crippen molar-refractivity contribution in [3.05, 3.63) is 58.1 Å². The van der Waals surface area contributed by atoms with Crippen molar-refractivity contribution in [1.82, 2.24) is 4.90 Å². The number of methoxy groups -OCH3 is 1. The lowest BCUT2D eigenvalue weighted by Crippen LogP contribution is -2.29. The molecule has 2 aromatic carbocycles. The maximum absolute atomic E-state index is 12.3. The quantitative estimate of drug-likeness (QED) is 0.432. The normalized spacial score (nSPS) is 10.6. The van der Waals surface area contributed by atoms with Crippen molar-refractivity contribution in [2.24, 2.45) is 0 Å². The number of carbonyl (C=O) groups is 1. The van der Waals surface area contributed by atoms with Crippen LogP contribution in [0.3, 0.4) is 0 Å². The van der Waals surface area contributed by atoms with E-state index in [-0.39, 0.29) is 23.9 Å². The summed E-state index contributed by atoms with van der Waals surface area (Å²) in [7, 11) is 3.26. The van der Waals surface area contributed by atoms with E-state index in [1.807, 2.05) is 30.3 Å². The van der Waals surface area contributed by atoms with Crippen LogP contribution in [-0.4, -0.2) is 42.7 Å². The summed E-state index contributed by atoms with van der Waals surface area (Å²) < 4.78 is 5.12. The van der Waals surface area contributed by atoms with Gasteiger partial charge in [-0.25, -0.2) is 0 Å². The SMILES string of the molecule is COc1cc([N+](=O)[O-])ccc1NC(=O)CN(C)Cc1ccc(SC)cc1. The molecule has 138 valence electrons. The van der Waals surface area contributed by atoms with Crippen LogP contribution in [0.1, 0.15) is 5.56 Å². The molecular formula is C18H21N3O4S. The molecule has 1 amide bonds. The van der Waals surface area contributed by atoms with E-state index in [4.69, 9.17) is 4.74 Å². The number of non-ortho nitro benzene ring substituents is 1. The van der Waals surface area contributed by atoms with Gasteiger partial charge in [0.25, 0.3) is 5.69 Å². The van der Waals surface area contributed by atoms with Gasteiger partial charge in [-0.05, 0) is 37.1 Å². The lowest BCUT2D eigenvalue weighted by Gasteiger charge is -2.17. The van der Waals surface area contributed by atoms with Crippen LogP contribution in [0.4, 0.5) is 11.4 Å². The summed E-state index contributed by atoms with van der Waals surface area (Å²) in [5.74, 6) is 0.0308. The predicted octanol–water partition coefficient (Wildman–Crippen LogP) is 3.40. The molecule has 8 heteroatoms. The maximum Gasteiger partial charge on any atom is 0.273 e. The van der Waals surface area contributed by atoms with Crippen LogP contribution >= 0.6 is 11.8 Å². The zero-order valence-corrected chi connectivity index (χ0v) is 15.7. The molecule has 7 nitrogen and oxygen atoms in total. The van der Waals surface area contributed by atoms with Crippen molar-refractivity contribution in [3.8, 4) is 5.75 Å². The van der Waals surface area contributed by atoms with Crippen molar-refractivity contribution in [2.45, 2.75) is 11.4 Å². The van der Waals surface area contributed by atoms with Crippen molar-refractivity contribution in [2.75, 3.05) is 32.3 Å². The monoisotopic (exact) mass is 375 g/mol. The lowest BCUT2D eigenvalue weighted by molar-refractivity contribution is -0.384. The number of carbonyl (C=O) groups excluding carboxylic acids is 1. The minimum absolute atomic E-state index is 0.0920. The first-order valence-corrected chi connectivity index (χ1v) is 9.09. The van der Waals surface area contributed by atoms with Crippen LogP contribution < -0.4 is 10.1 Å². The van der Waals surface area contributed by atoms with E-state index in [0.717, 1.165) is 5.56 Å². The largest absolute Gasteiger partial charge is 0.494 e. The fourth-order valence-electron chi connectivity index (χ4n) is 2.43. The summed E-state index contributed by atoms with van der Waals surface area (Å²) in [6, 6.07) is 12.3. The van der Waals surface area contributed by atoms with Gasteiger partial charge in [-0.15, -0.1) is 11.8 Å². The lowest BCUT2D eigenvalue weighted by atomic mass is 10.2. The summed E-state index contributed by atoms with van der Waals surface area (Å²) in [6.45, 7) is 0.823. The van der Waals surface area contributed by atoms with Crippen LogP contribution in [0.2, 0.25) is 0 Å². The third kappa shape index (κ3) is 5.47. The molecule has 0 spiro atoms. The molecule has 0 saturated heterocycles. The number of rotatable bonds is 8. The van der Waals surface area contributed by atoms with E-state index in [2.05, 4.69) is 17.4 Å². The van der Waals surface area contributed by atoms with E-state index < -0.39 is 4.92 Å². The fraction of sp³-hybridized carbons (Fsp3) is 0.278. The summed E-state index contributed by atoms with van der Waals surface area (Å²) in [4.78, 5) is 25.6. The molecule has 0 radical (unpaired) electrons. The highest BCUT2D eigenvalue weighted by atomic mass is 32.2. The topological polar surface area (TPSA) is 84.7 Å². The van der Waals surface area contributed by atoms with Gasteiger partial charge < -0.3 is 10.1 Å². The molecule has 0 aliphatic heterocycles. The van der Waals surface area contributed by atoms with E-state index in [1.54, 1.807) is 11.8 Å². The Morgan fingerprint density at radius 2 is 1.96 bits per heavy atom. The third-order valence-electron chi connectivity index (χ3n) is 3.70. The van der Waals surface area contributed by atoms with Gasteiger partial charge in [0.05, 0.1) is 30.3 Å². The summed E-state index contributed by atoms with van der Waals surface area (Å²) >= 11 is 1.68. The molecule has 0 saturated carbocycles. The van der Waals surface area contributed by atoms with E-state index in [0.29, 0.717) is 12.2 Å². The number of nitrogens with zero attached hydrogens (tertiary/aromatic N) is 2. The van der Waals surface area contributed by atoms with Crippen LogP contribution in [-0.2, 0) is 11.3 Å². The molecule has 0 heterocycles. The minimum atomic E-state index is -0.510. The van der Waals surface area contributed by atoms with Crippen molar-refractivity contribution >= 4 is 29.0 Å². The predicted molar refractivity (Wildman–Crippen MR) is 103 cm³/mol. The van der Waals surface area contributed by atoms with Gasteiger partial charge in [-0.2, -0.15) is 0 Å². The van der Waals surface area contributed by atoms with Gasteiger partial charge in [0.2, 0.25) is 5.91 Å². The van der Waals surface area contributed by atoms with Crippen LogP contribution in [0.5, 0.6) is 5.75 Å². The van der Waals surface area contributed by atoms with Crippen molar-refractivity contribution in [3.63, 3.8) is 0 Å². The summed E-state index contributed by atoms with van der Waals surface area (Å²) in [5, 5.41) is 13.5. The third-order valence-corrected chi connectivity index (χ3v) is 4.44. The van der Waals surface area contributed by atoms with Crippen molar-refractivity contribution in [1.29, 1.82) is 0 Å². The number of nitro benzene ring substituents is 1. The average Bonchev–Trinajstić information content (AvgIpc) is 2.62. The van der Waals surface area contributed by atoms with Crippen LogP contribution in [0.15, 0.2) is 47.4 Å². The molecule has 1 N–H and O–H groups in total. The Morgan fingerprint density at radius 3 is 2.54 bits per heavy atom. The molecule has 0 unspecified atom stereocenters. The zero-order valence-electron chi connectivity index (χ0n) is 14.9. The first-order valence-electron chi connectivity index (χ1n) is 7.86. The summed E-state index contributed by atoms with van der Waals surface area (Å²) in [6.07, 6.45) is 2.03. The molecule has 0 aliphatic rings. The van der Waals surface area contributed by atoms with E-state index >= 15 is 0 Å². The molecule has 2 rings (SSSR count). The molecule has 0 aromatic heterocycles. The number of anilines is 1. The van der Waals surface area contributed by atoms with E-state index in [9.17, 15) is 14.9 Å². The molecule has 0 aliphatic carbocycles. The summed E-state index contributed by atoms with van der Waals surface area (Å²) in [5.41, 5.74) is 1.43.